The van der Waals surface area contributed by atoms with Crippen LogP contribution in [0.2, 0.25) is 0 Å². The van der Waals surface area contributed by atoms with E-state index in [0.29, 0.717) is 11.1 Å². The molecular formula is C11H19N. The van der Waals surface area contributed by atoms with Crippen molar-refractivity contribution in [3.05, 3.63) is 12.2 Å². The lowest BCUT2D eigenvalue weighted by Gasteiger charge is -2.51. The van der Waals surface area contributed by atoms with Crippen LogP contribution in [0, 0.1) is 0 Å². The molecular weight excluding hydrogens is 146 g/mol. The predicted molar refractivity (Wildman–Crippen MR) is 52.2 cm³/mol. The summed E-state index contributed by atoms with van der Waals surface area (Å²) >= 11 is 0. The summed E-state index contributed by atoms with van der Waals surface area (Å²) in [7, 11) is 0. The molecule has 68 valence electrons. The van der Waals surface area contributed by atoms with E-state index in [2.05, 4.69) is 25.7 Å². The number of hydrogen-bond acceptors (Lipinski definition) is 1. The van der Waals surface area contributed by atoms with Crippen molar-refractivity contribution in [2.75, 3.05) is 0 Å². The van der Waals surface area contributed by atoms with Gasteiger partial charge >= 0.3 is 0 Å². The van der Waals surface area contributed by atoms with Gasteiger partial charge in [-0.05, 0) is 46.0 Å². The van der Waals surface area contributed by atoms with Gasteiger partial charge in [0, 0.05) is 11.1 Å². The van der Waals surface area contributed by atoms with Gasteiger partial charge in [0.1, 0.15) is 0 Å². The molecule has 0 aromatic carbocycles. The van der Waals surface area contributed by atoms with Crippen LogP contribution in [0.4, 0.5) is 0 Å². The van der Waals surface area contributed by atoms with E-state index in [-0.39, 0.29) is 0 Å². The Bertz CT molecular complexity index is 201. The molecule has 1 nitrogen and oxygen atoms in total. The Morgan fingerprint density at radius 1 is 1.17 bits per heavy atom. The fraction of sp³-hybridized carbons (Fsp3) is 0.818. The quantitative estimate of drug-likeness (QED) is 0.544. The summed E-state index contributed by atoms with van der Waals surface area (Å²) in [6.45, 7) is 8.83. The van der Waals surface area contributed by atoms with Gasteiger partial charge in [-0.2, -0.15) is 0 Å². The molecule has 0 saturated carbocycles. The van der Waals surface area contributed by atoms with Crippen molar-refractivity contribution in [3.8, 4) is 0 Å². The van der Waals surface area contributed by atoms with Gasteiger partial charge in [0.25, 0.3) is 0 Å². The Balaban J connectivity index is 2.24. The molecule has 2 unspecified atom stereocenters. The molecule has 0 aromatic rings. The van der Waals surface area contributed by atoms with Gasteiger partial charge in [0.05, 0.1) is 0 Å². The van der Waals surface area contributed by atoms with Gasteiger partial charge in [0.15, 0.2) is 0 Å². The first-order chi connectivity index (χ1) is 5.52. The van der Waals surface area contributed by atoms with E-state index in [1.54, 1.807) is 0 Å². The topological polar surface area (TPSA) is 12.0 Å². The maximum Gasteiger partial charge on any atom is 0.0195 e. The summed E-state index contributed by atoms with van der Waals surface area (Å²) in [5.41, 5.74) is 2.17. The third-order valence-corrected chi connectivity index (χ3v) is 3.34. The van der Waals surface area contributed by atoms with Crippen LogP contribution in [0.1, 0.15) is 46.0 Å². The minimum atomic E-state index is 0.363. The van der Waals surface area contributed by atoms with Crippen molar-refractivity contribution in [1.29, 1.82) is 0 Å². The number of fused-ring (bicyclic) bond motifs is 2. The summed E-state index contributed by atoms with van der Waals surface area (Å²) in [5.74, 6) is 0. The molecule has 1 N–H and O–H groups in total. The van der Waals surface area contributed by atoms with E-state index in [1.165, 1.54) is 37.7 Å². The highest BCUT2D eigenvalue weighted by molar-refractivity contribution is 5.17. The summed E-state index contributed by atoms with van der Waals surface area (Å²) in [6.07, 6.45) is 6.39. The molecule has 0 radical (unpaired) electrons. The minimum absolute atomic E-state index is 0.363. The largest absolute Gasteiger partial charge is 0.306 e. The predicted octanol–water partition coefficient (Wildman–Crippen LogP) is 2.63. The normalized spacial score (nSPS) is 47.7. The summed E-state index contributed by atoms with van der Waals surface area (Å²) in [4.78, 5) is 0. The Morgan fingerprint density at radius 2 is 1.67 bits per heavy atom. The standard InChI is InChI=1S/C11H19N/c1-9-7-10(2)5-4-6-11(3,8-9)12-10/h12H,1,4-8H2,2-3H3. The van der Waals surface area contributed by atoms with Crippen LogP contribution in [-0.4, -0.2) is 11.1 Å². The minimum Gasteiger partial charge on any atom is -0.306 e. The summed E-state index contributed by atoms with van der Waals surface area (Å²) < 4.78 is 0. The first-order valence-corrected chi connectivity index (χ1v) is 4.97. The highest BCUT2D eigenvalue weighted by atomic mass is 15.1. The van der Waals surface area contributed by atoms with Crippen molar-refractivity contribution in [1.82, 2.24) is 5.32 Å². The Hall–Kier alpha value is -0.300. The van der Waals surface area contributed by atoms with Gasteiger partial charge in [-0.25, -0.2) is 0 Å². The maximum atomic E-state index is 4.15. The van der Waals surface area contributed by atoms with E-state index >= 15 is 0 Å². The van der Waals surface area contributed by atoms with Crippen LogP contribution < -0.4 is 5.32 Å². The van der Waals surface area contributed by atoms with Crippen molar-refractivity contribution < 1.29 is 0 Å². The van der Waals surface area contributed by atoms with Crippen molar-refractivity contribution in [3.63, 3.8) is 0 Å². The zero-order valence-electron chi connectivity index (χ0n) is 8.24. The van der Waals surface area contributed by atoms with Crippen LogP contribution in [0.5, 0.6) is 0 Å². The van der Waals surface area contributed by atoms with Crippen LogP contribution >= 0.6 is 0 Å². The highest BCUT2D eigenvalue weighted by Gasteiger charge is 2.42. The van der Waals surface area contributed by atoms with E-state index in [0.717, 1.165) is 0 Å². The van der Waals surface area contributed by atoms with E-state index in [4.69, 9.17) is 0 Å². The fourth-order valence-corrected chi connectivity index (χ4v) is 3.15. The number of piperidine rings is 2. The first kappa shape index (κ1) is 8.31. The number of nitrogens with one attached hydrogen (secondary N) is 1. The summed E-state index contributed by atoms with van der Waals surface area (Å²) in [6, 6.07) is 0. The zero-order valence-corrected chi connectivity index (χ0v) is 8.24. The second-order valence-corrected chi connectivity index (χ2v) is 5.20. The monoisotopic (exact) mass is 165 g/mol. The lowest BCUT2D eigenvalue weighted by molar-refractivity contribution is 0.123. The molecule has 0 amide bonds. The second-order valence-electron chi connectivity index (χ2n) is 5.20. The van der Waals surface area contributed by atoms with Gasteiger partial charge in [-0.1, -0.05) is 12.2 Å². The molecule has 2 bridgehead atoms. The SMILES string of the molecule is C=C1CC2(C)CCCC(C)(C1)N2. The van der Waals surface area contributed by atoms with Gasteiger partial charge < -0.3 is 5.32 Å². The van der Waals surface area contributed by atoms with Crippen molar-refractivity contribution in [2.45, 2.75) is 57.0 Å². The van der Waals surface area contributed by atoms with Gasteiger partial charge in [-0.3, -0.25) is 0 Å². The van der Waals surface area contributed by atoms with E-state index in [1.807, 2.05) is 0 Å². The van der Waals surface area contributed by atoms with Gasteiger partial charge in [-0.15, -0.1) is 0 Å². The van der Waals surface area contributed by atoms with Crippen LogP contribution in [-0.2, 0) is 0 Å². The van der Waals surface area contributed by atoms with Crippen molar-refractivity contribution >= 4 is 0 Å². The molecule has 2 atom stereocenters. The fourth-order valence-electron chi connectivity index (χ4n) is 3.15. The molecule has 2 fully saturated rings. The number of hydrogen-bond donors (Lipinski definition) is 1. The third-order valence-electron chi connectivity index (χ3n) is 3.34. The molecule has 2 heterocycles. The number of rotatable bonds is 0. The van der Waals surface area contributed by atoms with E-state index in [9.17, 15) is 0 Å². The molecule has 2 rings (SSSR count). The Kier molecular flexibility index (Phi) is 1.63. The van der Waals surface area contributed by atoms with Crippen molar-refractivity contribution in [2.24, 2.45) is 0 Å². The lowest BCUT2D eigenvalue weighted by atomic mass is 9.70. The molecule has 2 aliphatic heterocycles. The average Bonchev–Trinajstić information content (AvgIpc) is 1.79. The first-order valence-electron chi connectivity index (χ1n) is 4.97. The zero-order chi connectivity index (χ0) is 8.82. The molecule has 0 aromatic heterocycles. The van der Waals surface area contributed by atoms with Gasteiger partial charge in [0.2, 0.25) is 0 Å². The summed E-state index contributed by atoms with van der Waals surface area (Å²) in [5, 5.41) is 3.78. The van der Waals surface area contributed by atoms with Crippen LogP contribution in [0.3, 0.4) is 0 Å². The lowest BCUT2D eigenvalue weighted by Crippen LogP contribution is -2.61. The third kappa shape index (κ3) is 1.31. The molecule has 2 saturated heterocycles. The highest BCUT2D eigenvalue weighted by Crippen LogP contribution is 2.41. The molecule has 0 aliphatic carbocycles. The second kappa shape index (κ2) is 2.35. The van der Waals surface area contributed by atoms with E-state index < -0.39 is 0 Å². The maximum absolute atomic E-state index is 4.15. The average molecular weight is 165 g/mol. The van der Waals surface area contributed by atoms with Crippen LogP contribution in [0.15, 0.2) is 12.2 Å². The molecule has 0 spiro atoms. The molecule has 12 heavy (non-hydrogen) atoms. The molecule has 2 aliphatic rings. The smallest absolute Gasteiger partial charge is 0.0195 e. The molecule has 1 heteroatoms. The Labute approximate surface area is 75.2 Å². The Morgan fingerprint density at radius 3 is 2.17 bits per heavy atom. The van der Waals surface area contributed by atoms with Crippen LogP contribution in [0.25, 0.3) is 0 Å².